The predicted molar refractivity (Wildman–Crippen MR) is 121 cm³/mol. The van der Waals surface area contributed by atoms with Gasteiger partial charge in [0.25, 0.3) is 0 Å². The second kappa shape index (κ2) is 10.9. The lowest BCUT2D eigenvalue weighted by atomic mass is 9.73. The van der Waals surface area contributed by atoms with Crippen LogP contribution in [0.3, 0.4) is 0 Å². The largest absolute Gasteiger partial charge is 0.476 e. The van der Waals surface area contributed by atoms with Crippen LogP contribution in [0.4, 0.5) is 0 Å². The lowest BCUT2D eigenvalue weighted by Gasteiger charge is -2.35. The van der Waals surface area contributed by atoms with Crippen molar-refractivity contribution in [3.63, 3.8) is 0 Å². The van der Waals surface area contributed by atoms with Crippen LogP contribution in [-0.4, -0.2) is 24.6 Å². The van der Waals surface area contributed by atoms with E-state index in [9.17, 15) is 0 Å². The summed E-state index contributed by atoms with van der Waals surface area (Å²) in [5, 5.41) is -0.0770. The number of allylic oxidation sites excluding steroid dienone is 1. The standard InChI is InChI=1S/C24H42BClO2/c1-5-17(2)18(3)16-19(4)24(26)25-27-22(20-12-8-6-9-13-20)23(28-25)21-14-10-7-11-15-21/h18-24H,2,5-16H2,1,3-4H3. The molecular weight excluding hydrogens is 367 g/mol. The van der Waals surface area contributed by atoms with E-state index in [1.165, 1.54) is 69.8 Å². The van der Waals surface area contributed by atoms with Gasteiger partial charge in [0.1, 0.15) is 0 Å². The Bertz CT molecular complexity index is 461. The SMILES string of the molecule is C=C(CC)C(C)CC(C)C(Cl)B1OC(C2CCCCC2)C(C2CCCCC2)O1. The van der Waals surface area contributed by atoms with Crippen molar-refractivity contribution in [2.75, 3.05) is 0 Å². The van der Waals surface area contributed by atoms with Gasteiger partial charge in [-0.3, -0.25) is 0 Å². The van der Waals surface area contributed by atoms with Gasteiger partial charge in [0.2, 0.25) is 0 Å². The number of hydrogen-bond donors (Lipinski definition) is 0. The minimum Gasteiger partial charge on any atom is -0.404 e. The van der Waals surface area contributed by atoms with E-state index in [4.69, 9.17) is 20.9 Å². The molecule has 3 fully saturated rings. The van der Waals surface area contributed by atoms with Crippen LogP contribution in [0.15, 0.2) is 12.2 Å². The van der Waals surface area contributed by atoms with Crippen LogP contribution >= 0.6 is 11.6 Å². The van der Waals surface area contributed by atoms with Gasteiger partial charge in [-0.25, -0.2) is 0 Å². The maximum atomic E-state index is 6.96. The lowest BCUT2D eigenvalue weighted by Crippen LogP contribution is -2.38. The van der Waals surface area contributed by atoms with Crippen LogP contribution in [0.5, 0.6) is 0 Å². The van der Waals surface area contributed by atoms with E-state index in [0.717, 1.165) is 12.8 Å². The summed E-state index contributed by atoms with van der Waals surface area (Å²) in [5.41, 5.74) is 1.32. The molecule has 0 radical (unpaired) electrons. The summed E-state index contributed by atoms with van der Waals surface area (Å²) < 4.78 is 13.3. The van der Waals surface area contributed by atoms with E-state index in [-0.39, 0.29) is 24.6 Å². The molecule has 1 heterocycles. The fourth-order valence-corrected chi connectivity index (χ4v) is 6.02. The maximum absolute atomic E-state index is 6.96. The van der Waals surface area contributed by atoms with Crippen molar-refractivity contribution in [3.05, 3.63) is 12.2 Å². The molecule has 1 aliphatic heterocycles. The average Bonchev–Trinajstić information content (AvgIpc) is 3.19. The molecule has 2 nitrogen and oxygen atoms in total. The molecule has 0 aromatic carbocycles. The molecule has 4 heteroatoms. The van der Waals surface area contributed by atoms with Crippen molar-refractivity contribution >= 4 is 18.7 Å². The highest BCUT2D eigenvalue weighted by Crippen LogP contribution is 2.42. The van der Waals surface area contributed by atoms with Gasteiger partial charge in [-0.1, -0.05) is 71.4 Å². The second-order valence-electron chi connectivity index (χ2n) is 9.94. The Balaban J connectivity index is 1.65. The topological polar surface area (TPSA) is 18.5 Å². The van der Waals surface area contributed by atoms with E-state index in [1.807, 2.05) is 0 Å². The normalized spacial score (nSPS) is 30.9. The molecule has 0 bridgehead atoms. The molecule has 0 N–H and O–H groups in total. The highest BCUT2D eigenvalue weighted by molar-refractivity contribution is 6.59. The minimum absolute atomic E-state index is 0.0770. The first-order valence-electron chi connectivity index (χ1n) is 12.1. The van der Waals surface area contributed by atoms with Crippen molar-refractivity contribution in [2.24, 2.45) is 23.7 Å². The van der Waals surface area contributed by atoms with Crippen molar-refractivity contribution in [1.29, 1.82) is 0 Å². The summed E-state index contributed by atoms with van der Waals surface area (Å²) in [6.07, 6.45) is 16.0. The first kappa shape index (κ1) is 22.7. The highest BCUT2D eigenvalue weighted by atomic mass is 35.5. The zero-order valence-electron chi connectivity index (χ0n) is 18.5. The molecule has 0 aromatic rings. The fourth-order valence-electron chi connectivity index (χ4n) is 5.80. The molecular formula is C24H42BClO2. The highest BCUT2D eigenvalue weighted by Gasteiger charge is 2.50. The average molecular weight is 409 g/mol. The Morgan fingerprint density at radius 1 is 0.929 bits per heavy atom. The summed E-state index contributed by atoms with van der Waals surface area (Å²) >= 11 is 6.96. The van der Waals surface area contributed by atoms with E-state index < -0.39 is 0 Å². The van der Waals surface area contributed by atoms with Gasteiger partial charge in [-0.2, -0.15) is 0 Å². The first-order chi connectivity index (χ1) is 13.5. The van der Waals surface area contributed by atoms with Crippen molar-refractivity contribution in [1.82, 2.24) is 0 Å². The maximum Gasteiger partial charge on any atom is 0.476 e. The quantitative estimate of drug-likeness (QED) is 0.240. The number of hydrogen-bond acceptors (Lipinski definition) is 2. The van der Waals surface area contributed by atoms with Gasteiger partial charge < -0.3 is 9.31 Å². The third kappa shape index (κ3) is 5.58. The zero-order valence-corrected chi connectivity index (χ0v) is 19.3. The van der Waals surface area contributed by atoms with Crippen LogP contribution in [0.2, 0.25) is 0 Å². The van der Waals surface area contributed by atoms with E-state index in [1.54, 1.807) is 0 Å². The van der Waals surface area contributed by atoms with Crippen LogP contribution in [0.1, 0.15) is 97.8 Å². The van der Waals surface area contributed by atoms with Crippen LogP contribution in [-0.2, 0) is 9.31 Å². The van der Waals surface area contributed by atoms with Gasteiger partial charge in [0.15, 0.2) is 0 Å². The molecule has 2 aliphatic carbocycles. The van der Waals surface area contributed by atoms with Gasteiger partial charge in [0, 0.05) is 0 Å². The number of halogens is 1. The van der Waals surface area contributed by atoms with Crippen molar-refractivity contribution < 1.29 is 9.31 Å². The predicted octanol–water partition coefficient (Wildman–Crippen LogP) is 7.19. The monoisotopic (exact) mass is 408 g/mol. The summed E-state index contributed by atoms with van der Waals surface area (Å²) in [6.45, 7) is 10.9. The van der Waals surface area contributed by atoms with Crippen molar-refractivity contribution in [3.8, 4) is 0 Å². The third-order valence-electron chi connectivity index (χ3n) is 7.82. The van der Waals surface area contributed by atoms with E-state index in [0.29, 0.717) is 23.7 Å². The smallest absolute Gasteiger partial charge is 0.404 e. The molecule has 0 aromatic heterocycles. The Morgan fingerprint density at radius 3 is 1.82 bits per heavy atom. The van der Waals surface area contributed by atoms with Gasteiger partial charge >= 0.3 is 7.12 Å². The Hall–Kier alpha value is 0.0149. The summed E-state index contributed by atoms with van der Waals surface area (Å²) in [7, 11) is -0.238. The molecule has 5 atom stereocenters. The summed E-state index contributed by atoms with van der Waals surface area (Å²) in [4.78, 5) is 0. The molecule has 5 unspecified atom stereocenters. The van der Waals surface area contributed by atoms with Gasteiger partial charge in [0.05, 0.1) is 17.5 Å². The van der Waals surface area contributed by atoms with Crippen LogP contribution in [0.25, 0.3) is 0 Å². The van der Waals surface area contributed by atoms with Gasteiger partial charge in [-0.15, -0.1) is 11.6 Å². The zero-order chi connectivity index (χ0) is 20.1. The number of alkyl halides is 1. The minimum atomic E-state index is -0.238. The van der Waals surface area contributed by atoms with Crippen molar-refractivity contribution in [2.45, 2.75) is 115 Å². The first-order valence-corrected chi connectivity index (χ1v) is 12.6. The van der Waals surface area contributed by atoms with E-state index in [2.05, 4.69) is 27.4 Å². The molecule has 28 heavy (non-hydrogen) atoms. The molecule has 0 amide bonds. The molecule has 1 saturated heterocycles. The Kier molecular flexibility index (Phi) is 8.81. The van der Waals surface area contributed by atoms with Crippen LogP contribution in [0, 0.1) is 23.7 Å². The summed E-state index contributed by atoms with van der Waals surface area (Å²) in [5.74, 6) is 2.21. The Labute approximate surface area is 179 Å². The molecule has 3 rings (SSSR count). The molecule has 2 saturated carbocycles. The summed E-state index contributed by atoms with van der Waals surface area (Å²) in [6, 6.07) is 0. The van der Waals surface area contributed by atoms with E-state index >= 15 is 0 Å². The van der Waals surface area contributed by atoms with Gasteiger partial charge in [-0.05, 0) is 62.2 Å². The Morgan fingerprint density at radius 2 is 1.39 bits per heavy atom. The van der Waals surface area contributed by atoms with Crippen LogP contribution < -0.4 is 0 Å². The fraction of sp³-hybridized carbons (Fsp3) is 0.917. The second-order valence-corrected chi connectivity index (χ2v) is 10.4. The molecule has 0 spiro atoms. The lowest BCUT2D eigenvalue weighted by molar-refractivity contribution is 0.0324. The third-order valence-corrected chi connectivity index (χ3v) is 8.45. The molecule has 3 aliphatic rings. The molecule has 160 valence electrons. The number of rotatable bonds is 8.